The Bertz CT molecular complexity index is 2430. The fourth-order valence-electron chi connectivity index (χ4n) is 6.46. The van der Waals surface area contributed by atoms with Gasteiger partial charge in [0.15, 0.2) is 5.65 Å². The molecule has 0 spiro atoms. The zero-order valence-corrected chi connectivity index (χ0v) is 29.4. The first-order valence-corrected chi connectivity index (χ1v) is 17.3. The summed E-state index contributed by atoms with van der Waals surface area (Å²) in [5.41, 5.74) is 7.18. The number of hydrogen-bond acceptors (Lipinski definition) is 9. The lowest BCUT2D eigenvalue weighted by Crippen LogP contribution is -2.49. The van der Waals surface area contributed by atoms with Crippen LogP contribution in [-0.4, -0.2) is 82.5 Å². The Kier molecular flexibility index (Phi) is 8.44. The van der Waals surface area contributed by atoms with Crippen LogP contribution in [0.1, 0.15) is 37.7 Å². The predicted molar refractivity (Wildman–Crippen MR) is 197 cm³/mol. The van der Waals surface area contributed by atoms with Gasteiger partial charge in [-0.05, 0) is 61.9 Å². The van der Waals surface area contributed by atoms with Crippen molar-refractivity contribution >= 4 is 55.8 Å². The molecule has 7 aromatic rings. The molecular weight excluding hydrogens is 710 g/mol. The third-order valence-corrected chi connectivity index (χ3v) is 9.52. The number of nitrogens with zero attached hydrogens (tertiary/aromatic N) is 10. The monoisotopic (exact) mass is 741 g/mol. The lowest BCUT2D eigenvalue weighted by molar-refractivity contribution is 0.0745. The standard InChI is InChI=1S/C37H32BrN11O2/c1-23-17-24(2)49-35(42-23)31(19-41-49)36(50)43-28-10-7-25(8-11-28)33-21-48(45-44-33)20-26-5-3-4-6-29(26)37(51)47-15-13-46(14-16-47)34-30-18-27(38)9-12-32(30)39-22-40-34/h3-12,17-19,21-22H,13-16,20H2,1-2H3,(H,43,50). The Labute approximate surface area is 301 Å². The SMILES string of the molecule is Cc1cc(C)n2ncc(C(=O)Nc3ccc(-c4cn(Cc5ccccc5C(=O)N5CCN(c6ncnc7ccc(Br)cc67)CC5)nn4)cc3)c2n1. The van der Waals surface area contributed by atoms with Crippen LogP contribution in [0.4, 0.5) is 11.5 Å². The average molecular weight is 743 g/mol. The van der Waals surface area contributed by atoms with E-state index in [9.17, 15) is 9.59 Å². The number of aryl methyl sites for hydroxylation is 2. The van der Waals surface area contributed by atoms with E-state index < -0.39 is 0 Å². The number of piperazine rings is 1. The third kappa shape index (κ3) is 6.41. The lowest BCUT2D eigenvalue weighted by atomic mass is 10.1. The summed E-state index contributed by atoms with van der Waals surface area (Å²) in [4.78, 5) is 44.5. The molecule has 1 saturated heterocycles. The smallest absolute Gasteiger partial charge is 0.261 e. The molecular formula is C37H32BrN11O2. The van der Waals surface area contributed by atoms with Crippen molar-refractivity contribution in [2.45, 2.75) is 20.4 Å². The third-order valence-electron chi connectivity index (χ3n) is 9.02. The van der Waals surface area contributed by atoms with Crippen LogP contribution in [0, 0.1) is 13.8 Å². The van der Waals surface area contributed by atoms with Gasteiger partial charge in [0.05, 0.1) is 24.5 Å². The molecule has 0 unspecified atom stereocenters. The van der Waals surface area contributed by atoms with Crippen molar-refractivity contribution in [2.24, 2.45) is 0 Å². The van der Waals surface area contributed by atoms with Gasteiger partial charge in [0, 0.05) is 64.2 Å². The molecule has 0 aliphatic carbocycles. The number of anilines is 2. The Hall–Kier alpha value is -6.02. The van der Waals surface area contributed by atoms with Crippen LogP contribution in [0.25, 0.3) is 27.8 Å². The highest BCUT2D eigenvalue weighted by molar-refractivity contribution is 9.10. The van der Waals surface area contributed by atoms with Crippen LogP contribution in [0.15, 0.2) is 96.0 Å². The van der Waals surface area contributed by atoms with E-state index in [0.29, 0.717) is 60.9 Å². The van der Waals surface area contributed by atoms with Crippen LogP contribution in [0.5, 0.6) is 0 Å². The van der Waals surface area contributed by atoms with Crippen LogP contribution >= 0.6 is 15.9 Å². The molecule has 8 rings (SSSR count). The Balaban J connectivity index is 0.920. The van der Waals surface area contributed by atoms with Crippen LogP contribution < -0.4 is 10.2 Å². The van der Waals surface area contributed by atoms with Gasteiger partial charge in [-0.3, -0.25) is 9.59 Å². The van der Waals surface area contributed by atoms with Crippen molar-refractivity contribution < 1.29 is 9.59 Å². The fourth-order valence-corrected chi connectivity index (χ4v) is 6.82. The molecule has 0 bridgehead atoms. The molecule has 1 fully saturated rings. The van der Waals surface area contributed by atoms with Gasteiger partial charge in [-0.2, -0.15) is 5.10 Å². The first-order valence-electron chi connectivity index (χ1n) is 16.5. The summed E-state index contributed by atoms with van der Waals surface area (Å²) >= 11 is 3.56. The number of benzene rings is 3. The van der Waals surface area contributed by atoms with E-state index >= 15 is 0 Å². The number of carbonyl (C=O) groups is 2. The van der Waals surface area contributed by atoms with Crippen LogP contribution in [0.3, 0.4) is 0 Å². The maximum Gasteiger partial charge on any atom is 0.261 e. The molecule has 1 aliphatic rings. The molecule has 0 atom stereocenters. The van der Waals surface area contributed by atoms with E-state index in [1.807, 2.05) is 97.7 Å². The molecule has 0 saturated carbocycles. The van der Waals surface area contributed by atoms with Crippen molar-refractivity contribution in [1.29, 1.82) is 0 Å². The molecule has 2 amide bonds. The van der Waals surface area contributed by atoms with Crippen molar-refractivity contribution in [3.8, 4) is 11.3 Å². The van der Waals surface area contributed by atoms with Gasteiger partial charge in [0.2, 0.25) is 0 Å². The van der Waals surface area contributed by atoms with Crippen LogP contribution in [0.2, 0.25) is 0 Å². The number of rotatable bonds is 7. The molecule has 3 aromatic carbocycles. The largest absolute Gasteiger partial charge is 0.352 e. The first kappa shape index (κ1) is 32.2. The average Bonchev–Trinajstić information content (AvgIpc) is 3.79. The van der Waals surface area contributed by atoms with Gasteiger partial charge in [-0.15, -0.1) is 5.10 Å². The second-order valence-corrected chi connectivity index (χ2v) is 13.4. The maximum absolute atomic E-state index is 13.8. The Morgan fingerprint density at radius 2 is 1.71 bits per heavy atom. The van der Waals surface area contributed by atoms with Crippen molar-refractivity contribution in [3.05, 3.63) is 124 Å². The Morgan fingerprint density at radius 1 is 0.902 bits per heavy atom. The van der Waals surface area contributed by atoms with E-state index in [-0.39, 0.29) is 11.8 Å². The molecule has 13 nitrogen and oxygen atoms in total. The summed E-state index contributed by atoms with van der Waals surface area (Å²) < 4.78 is 4.36. The minimum Gasteiger partial charge on any atom is -0.352 e. The minimum atomic E-state index is -0.288. The van der Waals surface area contributed by atoms with Gasteiger partial charge < -0.3 is 15.1 Å². The summed E-state index contributed by atoms with van der Waals surface area (Å²) in [6.07, 6.45) is 4.98. The number of amides is 2. The number of halogens is 1. The lowest BCUT2D eigenvalue weighted by Gasteiger charge is -2.36. The van der Waals surface area contributed by atoms with E-state index in [0.717, 1.165) is 43.7 Å². The Morgan fingerprint density at radius 3 is 2.53 bits per heavy atom. The zero-order valence-electron chi connectivity index (χ0n) is 27.9. The number of aromatic nitrogens is 8. The maximum atomic E-state index is 13.8. The molecule has 1 aliphatic heterocycles. The van der Waals surface area contributed by atoms with Gasteiger partial charge in [0.25, 0.3) is 11.8 Å². The van der Waals surface area contributed by atoms with Gasteiger partial charge in [-0.25, -0.2) is 24.1 Å². The van der Waals surface area contributed by atoms with Gasteiger partial charge in [-0.1, -0.05) is 51.5 Å². The highest BCUT2D eigenvalue weighted by Gasteiger charge is 2.26. The minimum absolute atomic E-state index is 0.0105. The predicted octanol–water partition coefficient (Wildman–Crippen LogP) is 5.57. The molecule has 1 N–H and O–H groups in total. The molecule has 4 aromatic heterocycles. The van der Waals surface area contributed by atoms with Crippen molar-refractivity contribution in [2.75, 3.05) is 36.4 Å². The summed E-state index contributed by atoms with van der Waals surface area (Å²) in [6, 6.07) is 22.9. The van der Waals surface area contributed by atoms with E-state index in [1.165, 1.54) is 6.20 Å². The van der Waals surface area contributed by atoms with E-state index in [2.05, 4.69) is 56.5 Å². The second-order valence-electron chi connectivity index (χ2n) is 12.5. The van der Waals surface area contributed by atoms with Crippen LogP contribution in [-0.2, 0) is 6.54 Å². The number of nitrogens with one attached hydrogen (secondary N) is 1. The second kappa shape index (κ2) is 13.4. The topological polar surface area (TPSA) is 139 Å². The summed E-state index contributed by atoms with van der Waals surface area (Å²) in [5.74, 6) is 0.578. The summed E-state index contributed by atoms with van der Waals surface area (Å²) in [5, 5.41) is 17.0. The van der Waals surface area contributed by atoms with E-state index in [1.54, 1.807) is 15.5 Å². The zero-order chi connectivity index (χ0) is 35.1. The highest BCUT2D eigenvalue weighted by Crippen LogP contribution is 2.28. The first-order chi connectivity index (χ1) is 24.8. The fraction of sp³-hybridized carbons (Fsp3) is 0.189. The normalized spacial score (nSPS) is 13.2. The molecule has 254 valence electrons. The van der Waals surface area contributed by atoms with Crippen molar-refractivity contribution in [3.63, 3.8) is 0 Å². The number of hydrogen-bond donors (Lipinski definition) is 1. The molecule has 0 radical (unpaired) electrons. The summed E-state index contributed by atoms with van der Waals surface area (Å²) in [6.45, 7) is 6.69. The molecule has 5 heterocycles. The number of fused-ring (bicyclic) bond motifs is 2. The number of carbonyl (C=O) groups excluding carboxylic acids is 2. The summed E-state index contributed by atoms with van der Waals surface area (Å²) in [7, 11) is 0. The highest BCUT2D eigenvalue weighted by atomic mass is 79.9. The van der Waals surface area contributed by atoms with Crippen molar-refractivity contribution in [1.82, 2.24) is 44.5 Å². The quantitative estimate of drug-likeness (QED) is 0.222. The van der Waals surface area contributed by atoms with E-state index in [4.69, 9.17) is 0 Å². The van der Waals surface area contributed by atoms with Gasteiger partial charge >= 0.3 is 0 Å². The molecule has 51 heavy (non-hydrogen) atoms. The molecule has 14 heteroatoms. The van der Waals surface area contributed by atoms with Gasteiger partial charge in [0.1, 0.15) is 23.4 Å².